The maximum absolute atomic E-state index is 12.5. The van der Waals surface area contributed by atoms with Gasteiger partial charge in [-0.3, -0.25) is 18.2 Å². The number of hydrogen-bond acceptors (Lipinski definition) is 9. The van der Waals surface area contributed by atoms with Gasteiger partial charge < -0.3 is 18.3 Å². The molecule has 0 amide bonds. The van der Waals surface area contributed by atoms with Crippen molar-refractivity contribution in [3.63, 3.8) is 0 Å². The molecule has 0 fully saturated rings. The lowest BCUT2D eigenvalue weighted by molar-refractivity contribution is 0.232. The Morgan fingerprint density at radius 1 is 0.533 bits per heavy atom. The molecule has 7 aromatic rings. The zero-order valence-corrected chi connectivity index (χ0v) is 34.9. The minimum atomic E-state index is -3.72. The smallest absolute Gasteiger partial charge is 0.296 e. The molecule has 0 unspecified atom stereocenters. The fourth-order valence-corrected chi connectivity index (χ4v) is 7.35. The summed E-state index contributed by atoms with van der Waals surface area (Å²) >= 11 is 0. The second-order valence-corrected chi connectivity index (χ2v) is 16.2. The van der Waals surface area contributed by atoms with Crippen molar-refractivity contribution in [2.24, 2.45) is 0 Å². The molecule has 312 valence electrons. The highest BCUT2D eigenvalue weighted by Gasteiger charge is 2.15. The van der Waals surface area contributed by atoms with Crippen molar-refractivity contribution in [3.05, 3.63) is 181 Å². The first-order valence-corrected chi connectivity index (χ1v) is 21.4. The Labute approximate surface area is 349 Å². The second-order valence-electron chi connectivity index (χ2n) is 14.6. The zero-order chi connectivity index (χ0) is 42.5. The lowest BCUT2D eigenvalue weighted by atomic mass is 10.1. The van der Waals surface area contributed by atoms with Crippen molar-refractivity contribution >= 4 is 32.1 Å². The van der Waals surface area contributed by atoms with E-state index in [-0.39, 0.29) is 47.5 Å². The summed E-state index contributed by atoms with van der Waals surface area (Å²) < 4.78 is 64.8. The summed E-state index contributed by atoms with van der Waals surface area (Å²) in [6.07, 6.45) is 4.59. The number of para-hydroxylation sites is 2. The van der Waals surface area contributed by atoms with E-state index < -0.39 is 10.1 Å². The Hall–Kier alpha value is -6.04. The maximum Gasteiger partial charge on any atom is 0.296 e. The van der Waals surface area contributed by atoms with Crippen LogP contribution in [0.1, 0.15) is 64.6 Å². The van der Waals surface area contributed by atoms with E-state index in [4.69, 9.17) is 22.5 Å². The zero-order valence-electron chi connectivity index (χ0n) is 34.1. The first-order chi connectivity index (χ1) is 29.0. The first kappa shape index (κ1) is 43.5. The van der Waals surface area contributed by atoms with Crippen LogP contribution in [-0.2, 0) is 40.4 Å². The summed E-state index contributed by atoms with van der Waals surface area (Å²) in [5, 5.41) is 1.10. The summed E-state index contributed by atoms with van der Waals surface area (Å²) in [6, 6.07) is 36.9. The van der Waals surface area contributed by atoms with E-state index in [0.29, 0.717) is 52.5 Å². The van der Waals surface area contributed by atoms with Crippen LogP contribution in [0.15, 0.2) is 145 Å². The van der Waals surface area contributed by atoms with Gasteiger partial charge in [0.1, 0.15) is 24.4 Å². The van der Waals surface area contributed by atoms with Crippen molar-refractivity contribution in [2.45, 2.75) is 77.4 Å². The second kappa shape index (κ2) is 20.8. The van der Waals surface area contributed by atoms with Crippen LogP contribution in [0.5, 0.6) is 11.9 Å². The van der Waals surface area contributed by atoms with Crippen LogP contribution in [-0.4, -0.2) is 21.7 Å². The molecular weight excluding hydrogens is 784 g/mol. The third-order valence-electron chi connectivity index (χ3n) is 10.0. The van der Waals surface area contributed by atoms with Gasteiger partial charge in [-0.15, -0.1) is 0 Å². The van der Waals surface area contributed by atoms with Crippen molar-refractivity contribution < 1.29 is 35.3 Å². The largest absolute Gasteiger partial charge is 0.460 e. The van der Waals surface area contributed by atoms with Crippen LogP contribution < -0.4 is 20.3 Å². The van der Waals surface area contributed by atoms with Gasteiger partial charge in [-0.25, -0.2) is 0 Å². The molecule has 7 rings (SSSR count). The van der Waals surface area contributed by atoms with Crippen LogP contribution in [0.25, 0.3) is 21.9 Å². The monoisotopic (exact) mass is 832 g/mol. The summed E-state index contributed by atoms with van der Waals surface area (Å²) in [7, 11) is -3.72. The maximum atomic E-state index is 12.5. The van der Waals surface area contributed by atoms with Crippen LogP contribution in [0.4, 0.5) is 4.39 Å². The molecular formula is C49H49FO9S. The van der Waals surface area contributed by atoms with Crippen LogP contribution in [0.2, 0.25) is 0 Å². The van der Waals surface area contributed by atoms with E-state index in [0.717, 1.165) is 47.9 Å². The van der Waals surface area contributed by atoms with Gasteiger partial charge in [0.25, 0.3) is 22.0 Å². The Morgan fingerprint density at radius 3 is 1.43 bits per heavy atom. The van der Waals surface area contributed by atoms with Crippen molar-refractivity contribution in [2.75, 3.05) is 13.3 Å². The van der Waals surface area contributed by atoms with Gasteiger partial charge in [-0.05, 0) is 118 Å². The molecule has 0 saturated carbocycles. The van der Waals surface area contributed by atoms with Gasteiger partial charge >= 0.3 is 0 Å². The molecule has 0 aliphatic carbocycles. The van der Waals surface area contributed by atoms with E-state index in [2.05, 4.69) is 0 Å². The molecule has 9 nitrogen and oxygen atoms in total. The summed E-state index contributed by atoms with van der Waals surface area (Å²) in [4.78, 5) is 25.1. The number of ether oxygens (including phenoxy) is 2. The number of halogens is 1. The fourth-order valence-electron chi connectivity index (χ4n) is 6.40. The van der Waals surface area contributed by atoms with Crippen molar-refractivity contribution in [1.29, 1.82) is 0 Å². The molecule has 0 radical (unpaired) electrons. The first-order valence-electron chi connectivity index (χ1n) is 20.0. The van der Waals surface area contributed by atoms with Crippen molar-refractivity contribution in [1.82, 2.24) is 0 Å². The predicted octanol–water partition coefficient (Wildman–Crippen LogP) is 10.7. The van der Waals surface area contributed by atoms with E-state index in [1.165, 1.54) is 5.56 Å². The number of alkyl halides is 1. The highest BCUT2D eigenvalue weighted by Crippen LogP contribution is 2.24. The summed E-state index contributed by atoms with van der Waals surface area (Å²) in [5.41, 5.74) is 7.06. The van der Waals surface area contributed by atoms with E-state index in [1.807, 2.05) is 73.7 Å². The van der Waals surface area contributed by atoms with E-state index in [9.17, 15) is 22.4 Å². The topological polar surface area (TPSA) is 122 Å². The molecule has 0 atom stereocenters. The highest BCUT2D eigenvalue weighted by atomic mass is 32.2. The van der Waals surface area contributed by atoms with Gasteiger partial charge in [0, 0.05) is 0 Å². The summed E-state index contributed by atoms with van der Waals surface area (Å²) in [5.74, 6) is 0.495. The van der Waals surface area contributed by atoms with Gasteiger partial charge in [0.2, 0.25) is 0 Å². The van der Waals surface area contributed by atoms with E-state index in [1.54, 1.807) is 68.4 Å². The number of unbranched alkanes of at least 4 members (excludes halogenated alkanes) is 2. The SMILES string of the molecule is Cc1c(OCc2ccc(CCCCF)cc2)oc2ccccc2c1=O.Cc1ccc(S(=O)(=O)OCCCCc2ccc(COc3oc4ccccc4c(=O)c3C)cc2)cc1. The number of aryl methyl sites for hydroxylation is 3. The third-order valence-corrected chi connectivity index (χ3v) is 11.3. The normalized spacial score (nSPS) is 11.3. The molecule has 60 heavy (non-hydrogen) atoms. The van der Waals surface area contributed by atoms with Crippen molar-refractivity contribution in [3.8, 4) is 11.9 Å². The van der Waals surface area contributed by atoms with Gasteiger partial charge in [0.15, 0.2) is 10.9 Å². The average Bonchev–Trinajstić information content (AvgIpc) is 3.26. The molecule has 0 saturated heterocycles. The molecule has 2 heterocycles. The molecule has 0 bridgehead atoms. The Morgan fingerprint density at radius 2 is 0.967 bits per heavy atom. The molecule has 0 aliphatic heterocycles. The number of fused-ring (bicyclic) bond motifs is 2. The lowest BCUT2D eigenvalue weighted by Gasteiger charge is -2.09. The quantitative estimate of drug-likeness (QED) is 0.0652. The standard InChI is InChI=1S/C28H28O6S.C21H21FO3/c1-20-10-16-24(17-11-20)35(30,31)33-18-6-5-7-22-12-14-23(15-13-22)19-32-28-21(2)27(29)25-8-3-4-9-26(25)34-28;1-15-20(23)18-7-2-3-8-19(18)25-21(15)24-14-17-11-9-16(10-12-17)6-4-5-13-22/h3-4,8-17H,5-7,18-19H2,1-2H3;2-3,7-12H,4-6,13-14H2,1H3. The Kier molecular flexibility index (Phi) is 15.1. The van der Waals surface area contributed by atoms with Crippen LogP contribution >= 0.6 is 0 Å². The number of hydrogen-bond donors (Lipinski definition) is 0. The molecule has 11 heteroatoms. The molecule has 0 N–H and O–H groups in total. The number of rotatable bonds is 17. The minimum Gasteiger partial charge on any atom is -0.460 e. The van der Waals surface area contributed by atoms with Crippen LogP contribution in [0.3, 0.4) is 0 Å². The Bertz CT molecular complexity index is 2720. The molecule has 2 aromatic heterocycles. The van der Waals surface area contributed by atoms with Crippen LogP contribution in [0, 0.1) is 20.8 Å². The molecule has 0 aliphatic rings. The fraction of sp³-hybridized carbons (Fsp3) is 0.265. The average molecular weight is 833 g/mol. The summed E-state index contributed by atoms with van der Waals surface area (Å²) in [6.45, 7) is 5.82. The predicted molar refractivity (Wildman–Crippen MR) is 232 cm³/mol. The van der Waals surface area contributed by atoms with Gasteiger partial charge in [-0.1, -0.05) is 90.5 Å². The molecule has 0 spiro atoms. The minimum absolute atomic E-state index is 0.0694. The molecule has 5 aromatic carbocycles. The van der Waals surface area contributed by atoms with E-state index >= 15 is 0 Å². The lowest BCUT2D eigenvalue weighted by Crippen LogP contribution is -2.08. The van der Waals surface area contributed by atoms with Gasteiger partial charge in [-0.2, -0.15) is 8.42 Å². The highest BCUT2D eigenvalue weighted by molar-refractivity contribution is 7.86. The van der Waals surface area contributed by atoms with Gasteiger partial charge in [0.05, 0.1) is 40.1 Å². The third kappa shape index (κ3) is 11.6. The number of benzene rings is 5. The Balaban J connectivity index is 0.000000213.